The Balaban J connectivity index is 2.39. The van der Waals surface area contributed by atoms with Gasteiger partial charge in [0.25, 0.3) is 0 Å². The van der Waals surface area contributed by atoms with Crippen LogP contribution >= 0.6 is 0 Å². The van der Waals surface area contributed by atoms with Gasteiger partial charge in [0.1, 0.15) is 0 Å². The van der Waals surface area contributed by atoms with E-state index in [9.17, 15) is 15.2 Å². The van der Waals surface area contributed by atoms with Gasteiger partial charge in [-0.3, -0.25) is 15.0 Å². The molecule has 1 atom stereocenters. The van der Waals surface area contributed by atoms with E-state index in [0.717, 1.165) is 51.0 Å². The molecular weight excluding hydrogens is 298 g/mol. The van der Waals surface area contributed by atoms with Crippen molar-refractivity contribution in [3.05, 3.63) is 27.8 Å². The molecule has 1 heterocycles. The maximum atomic E-state index is 11.2. The number of phenolic OH excluding ortho intramolecular Hbond substituents is 1. The summed E-state index contributed by atoms with van der Waals surface area (Å²) in [4.78, 5) is 13.0. The number of nitrogens with one attached hydrogen (secondary N) is 1. The molecule has 2 N–H and O–H groups in total. The molecule has 0 saturated carbocycles. The normalized spacial score (nSPS) is 17.0. The summed E-state index contributed by atoms with van der Waals surface area (Å²) in [6.07, 6.45) is 3.05. The quantitative estimate of drug-likeness (QED) is 0.592. The van der Waals surface area contributed by atoms with Crippen molar-refractivity contribution in [1.82, 2.24) is 10.2 Å². The number of piperazine rings is 1. The zero-order chi connectivity index (χ0) is 16.8. The Hall–Kier alpha value is -1.86. The van der Waals surface area contributed by atoms with Crippen LogP contribution in [0.5, 0.6) is 11.5 Å². The average molecular weight is 323 g/mol. The van der Waals surface area contributed by atoms with Gasteiger partial charge in [-0.15, -0.1) is 0 Å². The van der Waals surface area contributed by atoms with E-state index in [0.29, 0.717) is 0 Å². The summed E-state index contributed by atoms with van der Waals surface area (Å²) < 4.78 is 5.13. The monoisotopic (exact) mass is 323 g/mol. The molecule has 1 aromatic carbocycles. The van der Waals surface area contributed by atoms with E-state index >= 15 is 0 Å². The zero-order valence-electron chi connectivity index (χ0n) is 13.7. The van der Waals surface area contributed by atoms with Crippen LogP contribution in [-0.2, 0) is 0 Å². The van der Waals surface area contributed by atoms with Crippen LogP contribution in [0.1, 0.15) is 37.8 Å². The van der Waals surface area contributed by atoms with Gasteiger partial charge >= 0.3 is 5.69 Å². The summed E-state index contributed by atoms with van der Waals surface area (Å²) in [5, 5.41) is 24.5. The highest BCUT2D eigenvalue weighted by atomic mass is 16.6. The highest BCUT2D eigenvalue weighted by Crippen LogP contribution is 2.40. The number of unbranched alkanes of at least 4 members (excludes halogenated alkanes) is 1. The van der Waals surface area contributed by atoms with Gasteiger partial charge in [0.15, 0.2) is 5.75 Å². The molecule has 0 amide bonds. The van der Waals surface area contributed by atoms with Gasteiger partial charge < -0.3 is 15.2 Å². The molecule has 0 radical (unpaired) electrons. The Kier molecular flexibility index (Phi) is 6.18. The third kappa shape index (κ3) is 4.11. The van der Waals surface area contributed by atoms with Crippen molar-refractivity contribution < 1.29 is 14.8 Å². The number of rotatable bonds is 7. The molecule has 7 nitrogen and oxygen atoms in total. The van der Waals surface area contributed by atoms with Crippen molar-refractivity contribution in [2.24, 2.45) is 0 Å². The van der Waals surface area contributed by atoms with Crippen LogP contribution < -0.4 is 10.1 Å². The fourth-order valence-corrected chi connectivity index (χ4v) is 3.05. The number of aromatic hydroxyl groups is 1. The van der Waals surface area contributed by atoms with Crippen molar-refractivity contribution in [2.45, 2.75) is 32.2 Å². The largest absolute Gasteiger partial charge is 0.500 e. The lowest BCUT2D eigenvalue weighted by Gasteiger charge is -2.35. The molecule has 1 aliphatic heterocycles. The second kappa shape index (κ2) is 8.12. The van der Waals surface area contributed by atoms with E-state index in [1.54, 1.807) is 6.07 Å². The van der Waals surface area contributed by atoms with Gasteiger partial charge in [0, 0.05) is 38.3 Å². The van der Waals surface area contributed by atoms with E-state index in [1.807, 2.05) is 0 Å². The molecule has 0 spiro atoms. The van der Waals surface area contributed by atoms with E-state index < -0.39 is 10.7 Å². The first-order valence-corrected chi connectivity index (χ1v) is 8.08. The minimum atomic E-state index is -0.560. The Morgan fingerprint density at radius 1 is 1.43 bits per heavy atom. The SMILES string of the molecule is CCCC[C@H](c1cc(OC)c(O)c([N+](=O)[O-])c1)N1CCNCC1. The van der Waals surface area contributed by atoms with Crippen LogP contribution in [0.3, 0.4) is 0 Å². The van der Waals surface area contributed by atoms with Gasteiger partial charge in [0.2, 0.25) is 5.75 Å². The first-order chi connectivity index (χ1) is 11.1. The molecule has 0 aliphatic carbocycles. The number of benzene rings is 1. The predicted molar refractivity (Wildman–Crippen MR) is 88.0 cm³/mol. The van der Waals surface area contributed by atoms with Crippen molar-refractivity contribution in [1.29, 1.82) is 0 Å². The van der Waals surface area contributed by atoms with Crippen molar-refractivity contribution in [2.75, 3.05) is 33.3 Å². The van der Waals surface area contributed by atoms with Crippen LogP contribution in [-0.4, -0.2) is 48.2 Å². The second-order valence-corrected chi connectivity index (χ2v) is 5.79. The molecule has 23 heavy (non-hydrogen) atoms. The topological polar surface area (TPSA) is 87.9 Å². The zero-order valence-corrected chi connectivity index (χ0v) is 13.7. The lowest BCUT2D eigenvalue weighted by Crippen LogP contribution is -2.45. The second-order valence-electron chi connectivity index (χ2n) is 5.79. The van der Waals surface area contributed by atoms with Crippen molar-refractivity contribution in [3.63, 3.8) is 0 Å². The fourth-order valence-electron chi connectivity index (χ4n) is 3.05. The fraction of sp³-hybridized carbons (Fsp3) is 0.625. The molecule has 0 unspecified atom stereocenters. The number of ether oxygens (including phenoxy) is 1. The maximum Gasteiger partial charge on any atom is 0.314 e. The van der Waals surface area contributed by atoms with E-state index in [1.165, 1.54) is 13.2 Å². The Bertz CT molecular complexity index is 544. The average Bonchev–Trinajstić information content (AvgIpc) is 2.57. The molecule has 7 heteroatoms. The van der Waals surface area contributed by atoms with E-state index in [-0.39, 0.29) is 17.5 Å². The summed E-state index contributed by atoms with van der Waals surface area (Å²) in [5.41, 5.74) is 0.540. The number of phenols is 1. The lowest BCUT2D eigenvalue weighted by molar-refractivity contribution is -0.386. The molecule has 1 saturated heterocycles. The lowest BCUT2D eigenvalue weighted by atomic mass is 9.97. The summed E-state index contributed by atoms with van der Waals surface area (Å²) in [7, 11) is 1.41. The smallest absolute Gasteiger partial charge is 0.314 e. The summed E-state index contributed by atoms with van der Waals surface area (Å²) in [6.45, 7) is 5.78. The minimum absolute atomic E-state index is 0.102. The van der Waals surface area contributed by atoms with E-state index in [2.05, 4.69) is 17.1 Å². The molecule has 1 fully saturated rings. The third-order valence-corrected chi connectivity index (χ3v) is 4.30. The van der Waals surface area contributed by atoms with Gasteiger partial charge in [-0.2, -0.15) is 0 Å². The first kappa shape index (κ1) is 17.5. The summed E-state index contributed by atoms with van der Waals surface area (Å²) >= 11 is 0. The molecule has 2 rings (SSSR count). The Labute approximate surface area is 136 Å². The van der Waals surface area contributed by atoms with Crippen LogP contribution in [0.2, 0.25) is 0 Å². The molecule has 128 valence electrons. The standard InChI is InChI=1S/C16H25N3O4/c1-3-4-5-13(18-8-6-17-7-9-18)12-10-14(19(21)22)16(20)15(11-12)23-2/h10-11,13,17,20H,3-9H2,1-2H3/t13-/m1/s1. The van der Waals surface area contributed by atoms with Crippen molar-refractivity contribution >= 4 is 5.69 Å². The summed E-state index contributed by atoms with van der Waals surface area (Å²) in [5.74, 6) is -0.248. The number of nitro groups is 1. The molecule has 1 aliphatic rings. The molecule has 1 aromatic rings. The van der Waals surface area contributed by atoms with Gasteiger partial charge in [-0.05, 0) is 18.1 Å². The number of hydrogen-bond acceptors (Lipinski definition) is 6. The number of hydrogen-bond donors (Lipinski definition) is 2. The maximum absolute atomic E-state index is 11.2. The highest BCUT2D eigenvalue weighted by molar-refractivity contribution is 5.57. The van der Waals surface area contributed by atoms with Crippen LogP contribution in [0.25, 0.3) is 0 Å². The Morgan fingerprint density at radius 2 is 2.13 bits per heavy atom. The van der Waals surface area contributed by atoms with Gasteiger partial charge in [-0.1, -0.05) is 19.8 Å². The van der Waals surface area contributed by atoms with Gasteiger partial charge in [-0.25, -0.2) is 0 Å². The first-order valence-electron chi connectivity index (χ1n) is 8.08. The summed E-state index contributed by atoms with van der Waals surface area (Å²) in [6, 6.07) is 3.32. The van der Waals surface area contributed by atoms with Crippen LogP contribution in [0.15, 0.2) is 12.1 Å². The molecular formula is C16H25N3O4. The van der Waals surface area contributed by atoms with Crippen LogP contribution in [0, 0.1) is 10.1 Å². The molecule has 0 aromatic heterocycles. The van der Waals surface area contributed by atoms with Crippen LogP contribution in [0.4, 0.5) is 5.69 Å². The number of methoxy groups -OCH3 is 1. The molecule has 0 bridgehead atoms. The number of nitro benzene ring substituents is 1. The number of nitrogens with zero attached hydrogens (tertiary/aromatic N) is 2. The van der Waals surface area contributed by atoms with E-state index in [4.69, 9.17) is 4.74 Å². The third-order valence-electron chi connectivity index (χ3n) is 4.30. The van der Waals surface area contributed by atoms with Crippen molar-refractivity contribution in [3.8, 4) is 11.5 Å². The predicted octanol–water partition coefficient (Wildman–Crippen LogP) is 2.45. The Morgan fingerprint density at radius 3 is 2.70 bits per heavy atom. The highest BCUT2D eigenvalue weighted by Gasteiger charge is 2.27. The van der Waals surface area contributed by atoms with Gasteiger partial charge in [0.05, 0.1) is 12.0 Å². The minimum Gasteiger partial charge on any atom is -0.500 e.